The second kappa shape index (κ2) is 18.8. The Labute approximate surface area is 290 Å². The van der Waals surface area contributed by atoms with Crippen LogP contribution in [0, 0.1) is 22.7 Å². The maximum absolute atomic E-state index is 13.6. The second-order valence-electron chi connectivity index (χ2n) is 13.9. The van der Waals surface area contributed by atoms with Gasteiger partial charge in [0.25, 0.3) is 0 Å². The number of thioether (sulfide) groups is 2. The summed E-state index contributed by atoms with van der Waals surface area (Å²) in [6.45, 7) is 7.70. The van der Waals surface area contributed by atoms with Crippen LogP contribution in [0.3, 0.4) is 0 Å². The maximum atomic E-state index is 13.6. The fraction of sp³-hybridized carbons (Fsp3) is 0.750. The van der Waals surface area contributed by atoms with E-state index in [9.17, 15) is 33.9 Å². The number of carboxylic acids is 3. The Morgan fingerprint density at radius 1 is 0.792 bits per heavy atom. The van der Waals surface area contributed by atoms with Crippen LogP contribution in [0.2, 0.25) is 0 Å². The first-order chi connectivity index (χ1) is 22.4. The number of amides is 2. The van der Waals surface area contributed by atoms with Gasteiger partial charge in [0, 0.05) is 23.3 Å². The summed E-state index contributed by atoms with van der Waals surface area (Å²) >= 11 is 2.75. The van der Waals surface area contributed by atoms with Crippen molar-refractivity contribution in [3.63, 3.8) is 0 Å². The first-order valence-corrected chi connectivity index (χ1v) is 18.6. The molecule has 9 N–H and O–H groups in total. The van der Waals surface area contributed by atoms with Crippen LogP contribution in [0.15, 0.2) is 11.8 Å². The number of nitrogens with one attached hydrogen (secondary N) is 2. The lowest BCUT2D eigenvalue weighted by Gasteiger charge is -2.26. The van der Waals surface area contributed by atoms with E-state index in [4.69, 9.17) is 26.4 Å². The highest BCUT2D eigenvalue weighted by Crippen LogP contribution is 2.52. The molecule has 2 rings (SSSR count). The van der Waals surface area contributed by atoms with Crippen LogP contribution in [0.4, 0.5) is 0 Å². The van der Waals surface area contributed by atoms with Crippen LogP contribution in [-0.2, 0) is 33.5 Å². The van der Waals surface area contributed by atoms with E-state index in [0.29, 0.717) is 56.5 Å². The van der Waals surface area contributed by atoms with Crippen molar-refractivity contribution in [1.82, 2.24) is 10.6 Å². The van der Waals surface area contributed by atoms with Gasteiger partial charge in [-0.1, -0.05) is 33.8 Å². The van der Waals surface area contributed by atoms with E-state index < -0.39 is 54.0 Å². The van der Waals surface area contributed by atoms with Crippen molar-refractivity contribution in [3.05, 3.63) is 11.8 Å². The molecule has 0 bridgehead atoms. The molecule has 2 aliphatic rings. The van der Waals surface area contributed by atoms with Gasteiger partial charge >= 0.3 is 23.9 Å². The molecule has 14 nitrogen and oxygen atoms in total. The average molecular weight is 717 g/mol. The minimum Gasteiger partial charge on any atom is -0.480 e. The maximum Gasteiger partial charge on any atom is 0.354 e. The Bertz CT molecular complexity index is 1210. The molecule has 0 spiro atoms. The minimum absolute atomic E-state index is 0.0924. The molecule has 0 aromatic carbocycles. The van der Waals surface area contributed by atoms with E-state index in [1.807, 2.05) is 27.7 Å². The van der Waals surface area contributed by atoms with E-state index in [-0.39, 0.29) is 52.2 Å². The van der Waals surface area contributed by atoms with Crippen LogP contribution in [0.25, 0.3) is 0 Å². The molecule has 0 heterocycles. The lowest BCUT2D eigenvalue weighted by Crippen LogP contribution is -2.51. The number of ether oxygens (including phenoxy) is 1. The number of hydrogen-bond donors (Lipinski definition) is 7. The number of rotatable bonds is 24. The molecule has 272 valence electrons. The van der Waals surface area contributed by atoms with E-state index in [1.54, 1.807) is 6.08 Å². The van der Waals surface area contributed by atoms with Crippen LogP contribution < -0.4 is 22.1 Å². The van der Waals surface area contributed by atoms with Crippen molar-refractivity contribution >= 4 is 59.2 Å². The van der Waals surface area contributed by atoms with Gasteiger partial charge in [-0.05, 0) is 73.7 Å². The van der Waals surface area contributed by atoms with Gasteiger partial charge in [0.15, 0.2) is 6.04 Å². The molecule has 0 radical (unpaired) electrons. The number of aliphatic carboxylic acids is 3. The van der Waals surface area contributed by atoms with Gasteiger partial charge in [-0.25, -0.2) is 9.59 Å². The van der Waals surface area contributed by atoms with Crippen LogP contribution >= 0.6 is 23.5 Å². The van der Waals surface area contributed by atoms with Crippen molar-refractivity contribution in [2.45, 2.75) is 103 Å². The van der Waals surface area contributed by atoms with Crippen LogP contribution in [0.5, 0.6) is 0 Å². The third-order valence-electron chi connectivity index (χ3n) is 8.68. The predicted octanol–water partition coefficient (Wildman–Crippen LogP) is 2.19. The quantitative estimate of drug-likeness (QED) is 0.0430. The fourth-order valence-corrected chi connectivity index (χ4v) is 6.95. The van der Waals surface area contributed by atoms with Gasteiger partial charge in [-0.2, -0.15) is 23.5 Å². The highest BCUT2D eigenvalue weighted by molar-refractivity contribution is 7.99. The molecule has 2 aliphatic carbocycles. The second-order valence-corrected chi connectivity index (χ2v) is 16.2. The Hall–Kier alpha value is -2.82. The Kier molecular flexibility index (Phi) is 16.2. The standard InChI is InChI=1S/C32H52N4O10S2/c1-31(2)14-18(31)25(37)35-22(10-6-5-8-12-47-16-20(33)27(39)40)30(45)46-23(11-7-9-13-48-17-21(34)28(41)42)24(29(43)44)36-26(38)19-15-32(19,3)4/h10,18-21,23-24H,5-9,11-17,33-34H2,1-4H3,(H,35,37)(H,36,38)(H,39,40)(H,41,42)(H,43,44)/b22-10-/t18-,19-,20+,21+,23-,24?/m1/s1. The molecular formula is C32H52N4O10S2. The van der Waals surface area contributed by atoms with E-state index in [1.165, 1.54) is 23.5 Å². The van der Waals surface area contributed by atoms with E-state index in [0.717, 1.165) is 0 Å². The minimum atomic E-state index is -1.53. The molecular weight excluding hydrogens is 665 g/mol. The summed E-state index contributed by atoms with van der Waals surface area (Å²) in [5, 5.41) is 33.3. The molecule has 2 saturated carbocycles. The van der Waals surface area contributed by atoms with Crippen molar-refractivity contribution in [1.29, 1.82) is 0 Å². The lowest BCUT2D eigenvalue weighted by molar-refractivity contribution is -0.156. The number of carboxylic acid groups (broad SMARTS) is 3. The summed E-state index contributed by atoms with van der Waals surface area (Å²) in [5.74, 6) is -4.21. The molecule has 2 fully saturated rings. The molecule has 6 atom stereocenters. The largest absolute Gasteiger partial charge is 0.480 e. The summed E-state index contributed by atoms with van der Waals surface area (Å²) in [6, 6.07) is -3.48. The molecule has 1 unspecified atom stereocenters. The summed E-state index contributed by atoms with van der Waals surface area (Å²) in [5.41, 5.74) is 10.5. The fourth-order valence-electron chi connectivity index (χ4n) is 5.00. The highest BCUT2D eigenvalue weighted by Gasteiger charge is 2.52. The normalized spacial score (nSPS) is 21.6. The molecule has 2 amide bonds. The Balaban J connectivity index is 2.13. The van der Waals surface area contributed by atoms with Gasteiger partial charge in [-0.15, -0.1) is 0 Å². The molecule has 16 heteroatoms. The predicted molar refractivity (Wildman–Crippen MR) is 183 cm³/mol. The summed E-state index contributed by atoms with van der Waals surface area (Å²) < 4.78 is 5.77. The number of carbonyl (C=O) groups is 6. The van der Waals surface area contributed by atoms with Gasteiger partial charge < -0.3 is 42.2 Å². The SMILES string of the molecule is CC1(C)C[C@@H]1C(=O)N/C(=C\CCCCSC[C@H](N)C(=O)O)C(=O)O[C@H](CCCCSC[C@H](N)C(=O)O)C(NC(=O)[C@H]1CC1(C)C)C(=O)O. The van der Waals surface area contributed by atoms with Crippen molar-refractivity contribution < 1.29 is 48.8 Å². The van der Waals surface area contributed by atoms with Gasteiger partial charge in [-0.3, -0.25) is 19.2 Å². The molecule has 0 aliphatic heterocycles. The van der Waals surface area contributed by atoms with Gasteiger partial charge in [0.05, 0.1) is 0 Å². The zero-order valence-corrected chi connectivity index (χ0v) is 29.8. The smallest absolute Gasteiger partial charge is 0.354 e. The number of allylic oxidation sites excluding steroid dienone is 1. The highest BCUT2D eigenvalue weighted by atomic mass is 32.2. The molecule has 0 saturated heterocycles. The van der Waals surface area contributed by atoms with Crippen molar-refractivity contribution in [2.24, 2.45) is 34.1 Å². The number of esters is 1. The third kappa shape index (κ3) is 14.0. The first-order valence-electron chi connectivity index (χ1n) is 16.2. The number of hydrogen-bond acceptors (Lipinski definition) is 11. The van der Waals surface area contributed by atoms with Crippen molar-refractivity contribution in [3.8, 4) is 0 Å². The summed E-state index contributed by atoms with van der Waals surface area (Å²) in [7, 11) is 0. The summed E-state index contributed by atoms with van der Waals surface area (Å²) in [4.78, 5) is 73.8. The first kappa shape index (κ1) is 41.4. The van der Waals surface area contributed by atoms with Gasteiger partial charge in [0.2, 0.25) is 11.8 Å². The zero-order valence-electron chi connectivity index (χ0n) is 28.2. The van der Waals surface area contributed by atoms with E-state index >= 15 is 0 Å². The third-order valence-corrected chi connectivity index (χ3v) is 11.0. The monoisotopic (exact) mass is 716 g/mol. The number of nitrogens with two attached hydrogens (primary N) is 2. The van der Waals surface area contributed by atoms with Crippen LogP contribution in [0.1, 0.15) is 79.1 Å². The lowest BCUT2D eigenvalue weighted by atomic mass is 10.0. The zero-order chi connectivity index (χ0) is 36.2. The molecule has 48 heavy (non-hydrogen) atoms. The summed E-state index contributed by atoms with van der Waals surface area (Å²) in [6.07, 6.45) is 4.31. The Morgan fingerprint density at radius 2 is 1.27 bits per heavy atom. The molecule has 0 aromatic heterocycles. The van der Waals surface area contributed by atoms with E-state index in [2.05, 4.69) is 10.6 Å². The average Bonchev–Trinajstić information content (AvgIpc) is 3.86. The Morgan fingerprint density at radius 3 is 1.73 bits per heavy atom. The number of unbranched alkanes of at least 4 members (excludes halogenated alkanes) is 3. The topological polar surface area (TPSA) is 248 Å². The van der Waals surface area contributed by atoms with Crippen molar-refractivity contribution in [2.75, 3.05) is 23.0 Å². The molecule has 0 aromatic rings. The van der Waals surface area contributed by atoms with Crippen LogP contribution in [-0.4, -0.2) is 98.3 Å². The van der Waals surface area contributed by atoms with Gasteiger partial charge in [0.1, 0.15) is 23.9 Å². The number of carbonyl (C=O) groups excluding carboxylic acids is 3.